The molecule has 0 saturated heterocycles. The number of ether oxygens (including phenoxy) is 1. The molecule has 76 valence electrons. The quantitative estimate of drug-likeness (QED) is 0.357. The molecule has 0 aromatic carbocycles. The van der Waals surface area contributed by atoms with Gasteiger partial charge >= 0.3 is 5.97 Å². The lowest BCUT2D eigenvalue weighted by molar-refractivity contribution is -0.141. The highest BCUT2D eigenvalue weighted by molar-refractivity contribution is 5.87. The van der Waals surface area contributed by atoms with Crippen LogP contribution in [0.2, 0.25) is 0 Å². The zero-order valence-corrected chi connectivity index (χ0v) is 7.27. The lowest BCUT2D eigenvalue weighted by Gasteiger charge is -2.11. The van der Waals surface area contributed by atoms with Gasteiger partial charge in [0.15, 0.2) is 0 Å². The zero-order valence-electron chi connectivity index (χ0n) is 7.27. The van der Waals surface area contributed by atoms with E-state index in [0.29, 0.717) is 0 Å². The Morgan fingerprint density at radius 3 is 2.23 bits per heavy atom. The molecule has 5 heteroatoms. The number of aliphatic hydroxyl groups is 3. The monoisotopic (exact) mass is 190 g/mol. The molecule has 0 aromatic rings. The number of carbonyl (C=O) groups is 1. The van der Waals surface area contributed by atoms with Crippen molar-refractivity contribution in [3.63, 3.8) is 0 Å². The van der Waals surface area contributed by atoms with E-state index in [9.17, 15) is 4.79 Å². The lowest BCUT2D eigenvalue weighted by atomic mass is 10.2. The molecule has 0 bridgehead atoms. The standard InChI is InChI=1S/C8H14O5/c1-6(2-9)8(12)13-5-7(3-10)4-11/h7,9-11H,1-5H2. The molecule has 0 spiro atoms. The molecule has 3 N–H and O–H groups in total. The zero-order chi connectivity index (χ0) is 10.3. The van der Waals surface area contributed by atoms with Crippen molar-refractivity contribution in [2.24, 2.45) is 5.92 Å². The second kappa shape index (κ2) is 6.59. The Hall–Kier alpha value is -0.910. The van der Waals surface area contributed by atoms with Crippen LogP contribution < -0.4 is 0 Å². The highest BCUT2D eigenvalue weighted by Crippen LogP contribution is 1.98. The summed E-state index contributed by atoms with van der Waals surface area (Å²) >= 11 is 0. The Bertz CT molecular complexity index is 173. The van der Waals surface area contributed by atoms with E-state index in [1.165, 1.54) is 0 Å². The molecule has 5 nitrogen and oxygen atoms in total. The van der Waals surface area contributed by atoms with Crippen LogP contribution in [-0.4, -0.2) is 47.7 Å². The molecule has 0 aromatic heterocycles. The van der Waals surface area contributed by atoms with Gasteiger partial charge in [0.1, 0.15) is 0 Å². The molecule has 13 heavy (non-hydrogen) atoms. The minimum atomic E-state index is -0.714. The van der Waals surface area contributed by atoms with Crippen LogP contribution in [0.1, 0.15) is 0 Å². The summed E-state index contributed by atoms with van der Waals surface area (Å²) < 4.78 is 4.62. The third kappa shape index (κ3) is 4.62. The predicted octanol–water partition coefficient (Wildman–Crippen LogP) is -1.32. The van der Waals surface area contributed by atoms with Crippen LogP contribution >= 0.6 is 0 Å². The molecule has 0 radical (unpaired) electrons. The van der Waals surface area contributed by atoms with Crippen molar-refractivity contribution in [1.29, 1.82) is 0 Å². The second-order valence-electron chi connectivity index (χ2n) is 2.59. The Morgan fingerprint density at radius 2 is 1.85 bits per heavy atom. The minimum absolute atomic E-state index is 0.0466. The predicted molar refractivity (Wildman–Crippen MR) is 44.8 cm³/mol. The molecule has 0 aliphatic carbocycles. The van der Waals surface area contributed by atoms with Gasteiger partial charge in [0.25, 0.3) is 0 Å². The first kappa shape index (κ1) is 12.1. The molecular formula is C8H14O5. The third-order valence-electron chi connectivity index (χ3n) is 1.45. The normalized spacial score (nSPS) is 10.2. The van der Waals surface area contributed by atoms with Crippen molar-refractivity contribution in [3.05, 3.63) is 12.2 Å². The SMILES string of the molecule is C=C(CO)C(=O)OCC(CO)CO. The summed E-state index contributed by atoms with van der Waals surface area (Å²) in [6.07, 6.45) is 0. The Kier molecular flexibility index (Phi) is 6.13. The molecular weight excluding hydrogens is 176 g/mol. The molecule has 0 aliphatic rings. The van der Waals surface area contributed by atoms with Crippen LogP contribution in [0.25, 0.3) is 0 Å². The van der Waals surface area contributed by atoms with E-state index >= 15 is 0 Å². The fourth-order valence-electron chi connectivity index (χ4n) is 0.523. The molecule has 0 aliphatic heterocycles. The first-order valence-corrected chi connectivity index (χ1v) is 3.83. The highest BCUT2D eigenvalue weighted by atomic mass is 16.5. The fraction of sp³-hybridized carbons (Fsp3) is 0.625. The maximum Gasteiger partial charge on any atom is 0.335 e. The van der Waals surface area contributed by atoms with E-state index in [1.807, 2.05) is 0 Å². The van der Waals surface area contributed by atoms with Crippen molar-refractivity contribution < 1.29 is 24.9 Å². The highest BCUT2D eigenvalue weighted by Gasteiger charge is 2.11. The first-order chi connectivity index (χ1) is 6.15. The van der Waals surface area contributed by atoms with E-state index in [4.69, 9.17) is 15.3 Å². The van der Waals surface area contributed by atoms with Gasteiger partial charge in [-0.15, -0.1) is 0 Å². The van der Waals surface area contributed by atoms with E-state index in [0.717, 1.165) is 0 Å². The van der Waals surface area contributed by atoms with Gasteiger partial charge in [-0.2, -0.15) is 0 Å². The summed E-state index contributed by atoms with van der Waals surface area (Å²) in [4.78, 5) is 10.9. The lowest BCUT2D eigenvalue weighted by Crippen LogP contribution is -2.21. The summed E-state index contributed by atoms with van der Waals surface area (Å²) in [5, 5.41) is 25.7. The van der Waals surface area contributed by atoms with Gasteiger partial charge in [0.2, 0.25) is 0 Å². The van der Waals surface area contributed by atoms with Crippen molar-refractivity contribution in [2.45, 2.75) is 0 Å². The Morgan fingerprint density at radius 1 is 1.31 bits per heavy atom. The van der Waals surface area contributed by atoms with E-state index in [-0.39, 0.29) is 25.4 Å². The maximum absolute atomic E-state index is 10.9. The molecule has 0 saturated carbocycles. The molecule has 0 atom stereocenters. The van der Waals surface area contributed by atoms with Gasteiger partial charge in [0, 0.05) is 5.92 Å². The Balaban J connectivity index is 3.74. The van der Waals surface area contributed by atoms with Crippen LogP contribution in [0, 0.1) is 5.92 Å². The smallest absolute Gasteiger partial charge is 0.335 e. The molecule has 0 unspecified atom stereocenters. The minimum Gasteiger partial charge on any atom is -0.462 e. The summed E-state index contributed by atoms with van der Waals surface area (Å²) in [5.74, 6) is -1.19. The van der Waals surface area contributed by atoms with Crippen LogP contribution in [0.15, 0.2) is 12.2 Å². The topological polar surface area (TPSA) is 87.0 Å². The van der Waals surface area contributed by atoms with Crippen LogP contribution in [0.3, 0.4) is 0 Å². The number of hydrogen-bond donors (Lipinski definition) is 3. The maximum atomic E-state index is 10.9. The summed E-state index contributed by atoms with van der Waals surface area (Å²) in [7, 11) is 0. The van der Waals surface area contributed by atoms with Gasteiger partial charge in [0.05, 0.1) is 32.0 Å². The second-order valence-corrected chi connectivity index (χ2v) is 2.59. The molecule has 0 fully saturated rings. The van der Waals surface area contributed by atoms with Crippen molar-refractivity contribution in [2.75, 3.05) is 26.4 Å². The average Bonchev–Trinajstić information content (AvgIpc) is 2.17. The summed E-state index contributed by atoms with van der Waals surface area (Å²) in [6, 6.07) is 0. The average molecular weight is 190 g/mol. The third-order valence-corrected chi connectivity index (χ3v) is 1.45. The van der Waals surface area contributed by atoms with Gasteiger partial charge in [-0.1, -0.05) is 6.58 Å². The van der Waals surface area contributed by atoms with Gasteiger partial charge in [-0.25, -0.2) is 4.79 Å². The van der Waals surface area contributed by atoms with Crippen LogP contribution in [-0.2, 0) is 9.53 Å². The van der Waals surface area contributed by atoms with E-state index in [1.54, 1.807) is 0 Å². The number of hydrogen-bond acceptors (Lipinski definition) is 5. The summed E-state index contributed by atoms with van der Waals surface area (Å²) in [5.41, 5.74) is -0.0466. The number of esters is 1. The largest absolute Gasteiger partial charge is 0.462 e. The van der Waals surface area contributed by atoms with Gasteiger partial charge < -0.3 is 20.1 Å². The van der Waals surface area contributed by atoms with Crippen LogP contribution in [0.5, 0.6) is 0 Å². The fourth-order valence-corrected chi connectivity index (χ4v) is 0.523. The number of rotatable bonds is 6. The number of aliphatic hydroxyl groups excluding tert-OH is 3. The summed E-state index contributed by atoms with van der Waals surface area (Å²) in [6.45, 7) is 2.21. The van der Waals surface area contributed by atoms with Crippen LogP contribution in [0.4, 0.5) is 0 Å². The first-order valence-electron chi connectivity index (χ1n) is 3.83. The van der Waals surface area contributed by atoms with Gasteiger partial charge in [-0.05, 0) is 0 Å². The number of carbonyl (C=O) groups excluding carboxylic acids is 1. The molecule has 0 rings (SSSR count). The molecule has 0 heterocycles. The van der Waals surface area contributed by atoms with E-state index < -0.39 is 18.5 Å². The van der Waals surface area contributed by atoms with Crippen molar-refractivity contribution in [1.82, 2.24) is 0 Å². The van der Waals surface area contributed by atoms with Crippen molar-refractivity contribution >= 4 is 5.97 Å². The Labute approximate surface area is 76.3 Å². The molecule has 0 amide bonds. The van der Waals surface area contributed by atoms with Crippen molar-refractivity contribution in [3.8, 4) is 0 Å². The van der Waals surface area contributed by atoms with E-state index in [2.05, 4.69) is 11.3 Å². The van der Waals surface area contributed by atoms with Gasteiger partial charge in [-0.3, -0.25) is 0 Å².